The van der Waals surface area contributed by atoms with Gasteiger partial charge in [0.2, 0.25) is 0 Å². The lowest BCUT2D eigenvalue weighted by molar-refractivity contribution is -0.137. The molecular weight excluding hydrogens is 419 g/mol. The molecule has 0 unspecified atom stereocenters. The van der Waals surface area contributed by atoms with Crippen molar-refractivity contribution < 1.29 is 13.2 Å². The summed E-state index contributed by atoms with van der Waals surface area (Å²) in [5.41, 5.74) is 3.43. The van der Waals surface area contributed by atoms with Gasteiger partial charge in [0, 0.05) is 22.8 Å². The van der Waals surface area contributed by atoms with Gasteiger partial charge >= 0.3 is 6.18 Å². The van der Waals surface area contributed by atoms with Gasteiger partial charge in [0.05, 0.1) is 16.3 Å². The molecule has 0 bridgehead atoms. The maximum Gasteiger partial charge on any atom is 0.417 e. The molecule has 0 saturated carbocycles. The van der Waals surface area contributed by atoms with E-state index in [4.69, 9.17) is 11.6 Å². The Hall–Kier alpha value is -2.82. The number of rotatable bonds is 4. The van der Waals surface area contributed by atoms with Gasteiger partial charge in [-0.15, -0.1) is 11.3 Å². The highest BCUT2D eigenvalue weighted by molar-refractivity contribution is 7.11. The SMILES string of the molecule is Cc1ccc(-c2csc(/C(C#N)=C/Nc3ccc(Cl)c(C(F)(F)F)c3)n2)cc1C. The predicted octanol–water partition coefficient (Wildman–Crippen LogP) is 7.08. The lowest BCUT2D eigenvalue weighted by Gasteiger charge is -2.10. The van der Waals surface area contributed by atoms with E-state index >= 15 is 0 Å². The molecule has 148 valence electrons. The van der Waals surface area contributed by atoms with Gasteiger partial charge in [-0.25, -0.2) is 4.98 Å². The zero-order valence-electron chi connectivity index (χ0n) is 15.4. The molecule has 0 aliphatic rings. The quantitative estimate of drug-likeness (QED) is 0.447. The van der Waals surface area contributed by atoms with Crippen molar-refractivity contribution in [2.45, 2.75) is 20.0 Å². The maximum atomic E-state index is 13.0. The Morgan fingerprint density at radius 3 is 2.59 bits per heavy atom. The van der Waals surface area contributed by atoms with Crippen molar-refractivity contribution in [2.24, 2.45) is 0 Å². The fourth-order valence-electron chi connectivity index (χ4n) is 2.56. The minimum absolute atomic E-state index is 0.167. The number of halogens is 4. The van der Waals surface area contributed by atoms with Crippen molar-refractivity contribution in [1.82, 2.24) is 4.98 Å². The second kappa shape index (κ2) is 8.27. The smallest absolute Gasteiger partial charge is 0.360 e. The summed E-state index contributed by atoms with van der Waals surface area (Å²) in [5, 5.41) is 14.1. The van der Waals surface area contributed by atoms with Crippen LogP contribution in [0.5, 0.6) is 0 Å². The van der Waals surface area contributed by atoms with E-state index in [1.807, 2.05) is 43.5 Å². The molecule has 0 atom stereocenters. The van der Waals surface area contributed by atoms with E-state index in [1.54, 1.807) is 0 Å². The molecule has 0 aliphatic carbocycles. The van der Waals surface area contributed by atoms with Gasteiger partial charge in [-0.2, -0.15) is 18.4 Å². The standard InChI is InChI=1S/C21H15ClF3N3S/c1-12-3-4-14(7-13(12)2)19-11-29-20(28-19)15(9-26)10-27-16-5-6-18(22)17(8-16)21(23,24)25/h3-8,10-11,27H,1-2H3/b15-10+. The maximum absolute atomic E-state index is 13.0. The first-order valence-electron chi connectivity index (χ1n) is 8.46. The molecular formula is C21H15ClF3N3S. The monoisotopic (exact) mass is 433 g/mol. The first kappa shape index (κ1) is 20.9. The van der Waals surface area contributed by atoms with Crippen molar-refractivity contribution in [3.63, 3.8) is 0 Å². The number of nitrogens with zero attached hydrogens (tertiary/aromatic N) is 2. The number of alkyl halides is 3. The van der Waals surface area contributed by atoms with Gasteiger partial charge in [-0.3, -0.25) is 0 Å². The summed E-state index contributed by atoms with van der Waals surface area (Å²) >= 11 is 6.91. The summed E-state index contributed by atoms with van der Waals surface area (Å²) in [5.74, 6) is 0. The first-order valence-corrected chi connectivity index (χ1v) is 9.72. The largest absolute Gasteiger partial charge is 0.417 e. The number of hydrogen-bond donors (Lipinski definition) is 1. The highest BCUT2D eigenvalue weighted by Gasteiger charge is 2.33. The van der Waals surface area contributed by atoms with Crippen LogP contribution in [-0.2, 0) is 6.18 Å². The molecule has 2 aromatic carbocycles. The highest BCUT2D eigenvalue weighted by Crippen LogP contribution is 2.36. The van der Waals surface area contributed by atoms with E-state index in [2.05, 4.69) is 10.3 Å². The molecule has 8 heteroatoms. The Morgan fingerprint density at radius 2 is 1.93 bits per heavy atom. The van der Waals surface area contributed by atoms with Gasteiger partial charge in [-0.1, -0.05) is 23.7 Å². The van der Waals surface area contributed by atoms with Crippen molar-refractivity contribution in [3.05, 3.63) is 74.7 Å². The number of hydrogen-bond acceptors (Lipinski definition) is 4. The predicted molar refractivity (Wildman–Crippen MR) is 111 cm³/mol. The second-order valence-corrected chi connectivity index (χ2v) is 7.61. The number of aryl methyl sites for hydroxylation is 2. The number of allylic oxidation sites excluding steroid dienone is 1. The number of anilines is 1. The summed E-state index contributed by atoms with van der Waals surface area (Å²) in [7, 11) is 0. The van der Waals surface area contributed by atoms with E-state index < -0.39 is 11.7 Å². The third-order valence-corrected chi connectivity index (χ3v) is 5.52. The highest BCUT2D eigenvalue weighted by atomic mass is 35.5. The van der Waals surface area contributed by atoms with Gasteiger partial charge in [0.25, 0.3) is 0 Å². The Morgan fingerprint density at radius 1 is 1.17 bits per heavy atom. The average Bonchev–Trinajstić information content (AvgIpc) is 3.15. The summed E-state index contributed by atoms with van der Waals surface area (Å²) in [6.45, 7) is 4.03. The molecule has 0 radical (unpaired) electrons. The molecule has 0 saturated heterocycles. The summed E-state index contributed by atoms with van der Waals surface area (Å²) in [6.07, 6.45) is -3.22. The lowest BCUT2D eigenvalue weighted by Crippen LogP contribution is -2.06. The molecule has 1 heterocycles. The van der Waals surface area contributed by atoms with Crippen molar-refractivity contribution >= 4 is 34.2 Å². The van der Waals surface area contributed by atoms with Crippen molar-refractivity contribution in [3.8, 4) is 17.3 Å². The number of thiazole rings is 1. The summed E-state index contributed by atoms with van der Waals surface area (Å²) in [6, 6.07) is 11.5. The first-order chi connectivity index (χ1) is 13.7. The minimum atomic E-state index is -4.56. The third kappa shape index (κ3) is 4.78. The molecule has 29 heavy (non-hydrogen) atoms. The Labute approximate surface area is 175 Å². The zero-order chi connectivity index (χ0) is 21.2. The van der Waals surface area contributed by atoms with Gasteiger partial charge in [0.1, 0.15) is 16.6 Å². The minimum Gasteiger partial charge on any atom is -0.360 e. The molecule has 1 aromatic heterocycles. The Balaban J connectivity index is 1.85. The van der Waals surface area contributed by atoms with Crippen LogP contribution in [0.2, 0.25) is 5.02 Å². The van der Waals surface area contributed by atoms with Crippen LogP contribution >= 0.6 is 22.9 Å². The van der Waals surface area contributed by atoms with Crippen LogP contribution in [0.4, 0.5) is 18.9 Å². The number of nitrogens with one attached hydrogen (secondary N) is 1. The molecule has 3 aromatic rings. The van der Waals surface area contributed by atoms with Crippen LogP contribution in [0.25, 0.3) is 16.8 Å². The molecule has 0 fully saturated rings. The van der Waals surface area contributed by atoms with E-state index in [0.29, 0.717) is 5.01 Å². The fraction of sp³-hybridized carbons (Fsp3) is 0.143. The van der Waals surface area contributed by atoms with Crippen LogP contribution in [0.1, 0.15) is 21.7 Å². The van der Waals surface area contributed by atoms with Gasteiger partial charge in [-0.05, 0) is 49.2 Å². The molecule has 0 amide bonds. The van der Waals surface area contributed by atoms with Crippen LogP contribution in [0.3, 0.4) is 0 Å². The number of nitriles is 1. The zero-order valence-corrected chi connectivity index (χ0v) is 17.0. The van der Waals surface area contributed by atoms with Crippen molar-refractivity contribution in [1.29, 1.82) is 5.26 Å². The molecule has 3 nitrogen and oxygen atoms in total. The topological polar surface area (TPSA) is 48.7 Å². The normalized spacial score (nSPS) is 12.0. The van der Waals surface area contributed by atoms with Crippen molar-refractivity contribution in [2.75, 3.05) is 5.32 Å². The van der Waals surface area contributed by atoms with Crippen LogP contribution in [0, 0.1) is 25.2 Å². The van der Waals surface area contributed by atoms with Gasteiger partial charge in [0.15, 0.2) is 0 Å². The Kier molecular flexibility index (Phi) is 5.96. The van der Waals surface area contributed by atoms with E-state index in [1.165, 1.54) is 29.2 Å². The molecule has 1 N–H and O–H groups in total. The number of aromatic nitrogens is 1. The van der Waals surface area contributed by atoms with Crippen LogP contribution in [-0.4, -0.2) is 4.98 Å². The van der Waals surface area contributed by atoms with E-state index in [-0.39, 0.29) is 16.3 Å². The second-order valence-electron chi connectivity index (χ2n) is 6.34. The molecule has 0 aliphatic heterocycles. The van der Waals surface area contributed by atoms with E-state index in [0.717, 1.165) is 29.0 Å². The van der Waals surface area contributed by atoms with Crippen LogP contribution < -0.4 is 5.32 Å². The number of benzene rings is 2. The van der Waals surface area contributed by atoms with Crippen LogP contribution in [0.15, 0.2) is 48.0 Å². The average molecular weight is 434 g/mol. The lowest BCUT2D eigenvalue weighted by atomic mass is 10.1. The van der Waals surface area contributed by atoms with E-state index in [9.17, 15) is 18.4 Å². The Bertz CT molecular complexity index is 1130. The summed E-state index contributed by atoms with van der Waals surface area (Å²) < 4.78 is 39.0. The fourth-order valence-corrected chi connectivity index (χ4v) is 3.58. The third-order valence-electron chi connectivity index (χ3n) is 4.31. The molecule has 0 spiro atoms. The summed E-state index contributed by atoms with van der Waals surface area (Å²) in [4.78, 5) is 4.49. The molecule has 3 rings (SSSR count). The van der Waals surface area contributed by atoms with Gasteiger partial charge < -0.3 is 5.32 Å².